The molecule has 0 aliphatic heterocycles. The molecule has 1 saturated carbocycles. The van der Waals surface area contributed by atoms with Crippen LogP contribution in [0.5, 0.6) is 0 Å². The van der Waals surface area contributed by atoms with Crippen molar-refractivity contribution in [2.45, 2.75) is 38.5 Å². The molecule has 1 fully saturated rings. The van der Waals surface area contributed by atoms with Gasteiger partial charge in [-0.05, 0) is 36.1 Å². The highest BCUT2D eigenvalue weighted by atomic mass is 16.1. The van der Waals surface area contributed by atoms with Crippen LogP contribution in [0.1, 0.15) is 53.7 Å². The number of nitrogens with one attached hydrogen (secondary N) is 1. The van der Waals surface area contributed by atoms with Gasteiger partial charge in [0.1, 0.15) is 17.6 Å². The lowest BCUT2D eigenvalue weighted by atomic mass is 9.85. The number of hydrogen-bond donors (Lipinski definition) is 1. The molecule has 24 heavy (non-hydrogen) atoms. The van der Waals surface area contributed by atoms with Crippen molar-refractivity contribution < 1.29 is 4.79 Å². The van der Waals surface area contributed by atoms with E-state index in [1.54, 1.807) is 6.07 Å². The lowest BCUT2D eigenvalue weighted by Crippen LogP contribution is -2.14. The third kappa shape index (κ3) is 4.17. The van der Waals surface area contributed by atoms with E-state index in [-0.39, 0.29) is 11.6 Å². The first kappa shape index (κ1) is 16.1. The summed E-state index contributed by atoms with van der Waals surface area (Å²) in [5.74, 6) is 1.02. The van der Waals surface area contributed by atoms with Crippen molar-refractivity contribution in [3.05, 3.63) is 53.5 Å². The molecule has 1 amide bonds. The SMILES string of the molecule is N#Cc1ccc(C(=O)Nc2ccc(CC3CCCCC3)cn2)cn1. The Balaban J connectivity index is 1.58. The Morgan fingerprint density at radius 1 is 1.12 bits per heavy atom. The molecule has 2 heterocycles. The van der Waals surface area contributed by atoms with Crippen molar-refractivity contribution in [2.24, 2.45) is 5.92 Å². The number of hydrogen-bond acceptors (Lipinski definition) is 4. The zero-order chi connectivity index (χ0) is 16.8. The summed E-state index contributed by atoms with van der Waals surface area (Å²) in [5, 5.41) is 11.5. The van der Waals surface area contributed by atoms with Crippen LogP contribution in [0, 0.1) is 17.2 Å². The molecular weight excluding hydrogens is 300 g/mol. The van der Waals surface area contributed by atoms with Crippen molar-refractivity contribution in [3.63, 3.8) is 0 Å². The molecule has 0 atom stereocenters. The van der Waals surface area contributed by atoms with Crippen LogP contribution < -0.4 is 5.32 Å². The van der Waals surface area contributed by atoms with Crippen LogP contribution in [0.25, 0.3) is 0 Å². The highest BCUT2D eigenvalue weighted by Crippen LogP contribution is 2.26. The van der Waals surface area contributed by atoms with Crippen LogP contribution in [0.2, 0.25) is 0 Å². The molecule has 5 nitrogen and oxygen atoms in total. The standard InChI is InChI=1S/C19H20N4O/c20-11-17-8-7-16(13-21-17)19(24)23-18-9-6-15(12-22-18)10-14-4-2-1-3-5-14/h6-9,12-14H,1-5,10H2,(H,22,23,24). The highest BCUT2D eigenvalue weighted by molar-refractivity contribution is 6.03. The maximum Gasteiger partial charge on any atom is 0.258 e. The second kappa shape index (κ2) is 7.69. The van der Waals surface area contributed by atoms with Gasteiger partial charge in [0.05, 0.1) is 5.56 Å². The van der Waals surface area contributed by atoms with Gasteiger partial charge in [0.15, 0.2) is 0 Å². The quantitative estimate of drug-likeness (QED) is 0.931. The smallest absolute Gasteiger partial charge is 0.258 e. The molecule has 5 heteroatoms. The number of pyridine rings is 2. The van der Waals surface area contributed by atoms with E-state index in [2.05, 4.69) is 15.3 Å². The molecule has 0 radical (unpaired) electrons. The fraction of sp³-hybridized carbons (Fsp3) is 0.368. The third-order valence-corrected chi connectivity index (χ3v) is 4.46. The first-order valence-corrected chi connectivity index (χ1v) is 8.37. The summed E-state index contributed by atoms with van der Waals surface area (Å²) < 4.78 is 0. The van der Waals surface area contributed by atoms with Crippen molar-refractivity contribution in [3.8, 4) is 6.07 Å². The largest absolute Gasteiger partial charge is 0.307 e. The van der Waals surface area contributed by atoms with Crippen molar-refractivity contribution >= 4 is 11.7 Å². The number of nitriles is 1. The summed E-state index contributed by atoms with van der Waals surface area (Å²) in [5.41, 5.74) is 1.92. The molecule has 0 unspecified atom stereocenters. The summed E-state index contributed by atoms with van der Waals surface area (Å²) in [7, 11) is 0. The van der Waals surface area contributed by atoms with Gasteiger partial charge in [-0.15, -0.1) is 0 Å². The number of carbonyl (C=O) groups is 1. The van der Waals surface area contributed by atoms with E-state index < -0.39 is 0 Å². The second-order valence-electron chi connectivity index (χ2n) is 6.26. The Kier molecular flexibility index (Phi) is 5.17. The van der Waals surface area contributed by atoms with Gasteiger partial charge >= 0.3 is 0 Å². The summed E-state index contributed by atoms with van der Waals surface area (Å²) in [4.78, 5) is 20.4. The van der Waals surface area contributed by atoms with Crippen molar-refractivity contribution in [1.29, 1.82) is 5.26 Å². The Morgan fingerprint density at radius 2 is 1.96 bits per heavy atom. The van der Waals surface area contributed by atoms with Crippen molar-refractivity contribution in [1.82, 2.24) is 9.97 Å². The predicted molar refractivity (Wildman–Crippen MR) is 91.4 cm³/mol. The van der Waals surface area contributed by atoms with Gasteiger partial charge in [-0.1, -0.05) is 38.2 Å². The van der Waals surface area contributed by atoms with E-state index in [1.807, 2.05) is 24.4 Å². The number of rotatable bonds is 4. The molecule has 122 valence electrons. The number of amides is 1. The number of aromatic nitrogens is 2. The van der Waals surface area contributed by atoms with E-state index in [0.717, 1.165) is 12.3 Å². The maximum absolute atomic E-state index is 12.1. The van der Waals surface area contributed by atoms with Gasteiger partial charge in [-0.2, -0.15) is 5.26 Å². The van der Waals surface area contributed by atoms with Gasteiger partial charge < -0.3 is 5.32 Å². The Hall–Kier alpha value is -2.74. The Labute approximate surface area is 141 Å². The van der Waals surface area contributed by atoms with E-state index >= 15 is 0 Å². The highest BCUT2D eigenvalue weighted by Gasteiger charge is 2.14. The molecule has 0 bridgehead atoms. The van der Waals surface area contributed by atoms with Gasteiger partial charge in [0.25, 0.3) is 5.91 Å². The zero-order valence-corrected chi connectivity index (χ0v) is 13.5. The summed E-state index contributed by atoms with van der Waals surface area (Å²) >= 11 is 0. The van der Waals surface area contributed by atoms with E-state index in [0.29, 0.717) is 11.4 Å². The topological polar surface area (TPSA) is 78.7 Å². The summed E-state index contributed by atoms with van der Waals surface area (Å²) in [6.07, 6.45) is 11.0. The van der Waals surface area contributed by atoms with Gasteiger partial charge in [-0.3, -0.25) is 4.79 Å². The molecule has 0 spiro atoms. The minimum atomic E-state index is -0.278. The Bertz CT molecular complexity index is 725. The molecule has 3 rings (SSSR count). The summed E-state index contributed by atoms with van der Waals surface area (Å²) in [6.45, 7) is 0. The molecular formula is C19H20N4O. The van der Waals surface area contributed by atoms with Crippen LogP contribution in [0.15, 0.2) is 36.7 Å². The molecule has 1 aliphatic rings. The lowest BCUT2D eigenvalue weighted by Gasteiger charge is -2.21. The van der Waals surface area contributed by atoms with Crippen LogP contribution >= 0.6 is 0 Å². The van der Waals surface area contributed by atoms with Crippen LogP contribution in [0.3, 0.4) is 0 Å². The zero-order valence-electron chi connectivity index (χ0n) is 13.5. The van der Waals surface area contributed by atoms with Crippen LogP contribution in [0.4, 0.5) is 5.82 Å². The monoisotopic (exact) mass is 320 g/mol. The number of anilines is 1. The number of carbonyl (C=O) groups excluding carboxylic acids is 1. The van der Waals surface area contributed by atoms with Crippen molar-refractivity contribution in [2.75, 3.05) is 5.32 Å². The maximum atomic E-state index is 12.1. The third-order valence-electron chi connectivity index (χ3n) is 4.46. The number of nitrogens with zero attached hydrogens (tertiary/aromatic N) is 3. The van der Waals surface area contributed by atoms with Gasteiger partial charge in [-0.25, -0.2) is 9.97 Å². The molecule has 0 saturated heterocycles. The molecule has 0 aromatic carbocycles. The fourth-order valence-electron chi connectivity index (χ4n) is 3.13. The summed E-state index contributed by atoms with van der Waals surface area (Å²) in [6, 6.07) is 8.91. The van der Waals surface area contributed by atoms with E-state index in [1.165, 1.54) is 49.9 Å². The van der Waals surface area contributed by atoms with Crippen LogP contribution in [-0.4, -0.2) is 15.9 Å². The first-order valence-electron chi connectivity index (χ1n) is 8.37. The molecule has 1 N–H and O–H groups in total. The normalized spacial score (nSPS) is 14.8. The predicted octanol–water partition coefficient (Wildman–Crippen LogP) is 3.72. The Morgan fingerprint density at radius 3 is 2.58 bits per heavy atom. The molecule has 2 aromatic rings. The van der Waals surface area contributed by atoms with Gasteiger partial charge in [0, 0.05) is 12.4 Å². The van der Waals surface area contributed by atoms with Crippen LogP contribution in [-0.2, 0) is 6.42 Å². The molecule has 1 aliphatic carbocycles. The minimum absolute atomic E-state index is 0.278. The fourth-order valence-corrected chi connectivity index (χ4v) is 3.13. The molecule has 2 aromatic heterocycles. The van der Waals surface area contributed by atoms with E-state index in [4.69, 9.17) is 5.26 Å². The lowest BCUT2D eigenvalue weighted by molar-refractivity contribution is 0.102. The van der Waals surface area contributed by atoms with Gasteiger partial charge in [0.2, 0.25) is 0 Å². The minimum Gasteiger partial charge on any atom is -0.307 e. The average Bonchev–Trinajstić information content (AvgIpc) is 2.64. The first-order chi connectivity index (χ1) is 11.7. The van der Waals surface area contributed by atoms with E-state index in [9.17, 15) is 4.79 Å². The average molecular weight is 320 g/mol. The second-order valence-corrected chi connectivity index (χ2v) is 6.26.